The van der Waals surface area contributed by atoms with Crippen molar-refractivity contribution in [2.45, 2.75) is 19.8 Å². The smallest absolute Gasteiger partial charge is 0.272 e. The SMILES string of the molecule is CC(CCC#N)=NNc1ccc([N+](=O)[O-])cc1[N+](=O)[O-]. The Kier molecular flexibility index (Phi) is 5.11. The van der Waals surface area contributed by atoms with Gasteiger partial charge in [-0.25, -0.2) is 0 Å². The maximum atomic E-state index is 10.9. The number of nitro groups is 2. The Bertz CT molecular complexity index is 605. The van der Waals surface area contributed by atoms with E-state index in [-0.39, 0.29) is 11.4 Å². The fourth-order valence-corrected chi connectivity index (χ4v) is 1.33. The van der Waals surface area contributed by atoms with Crippen molar-refractivity contribution in [3.8, 4) is 6.07 Å². The minimum absolute atomic E-state index is 0.0527. The van der Waals surface area contributed by atoms with Crippen molar-refractivity contribution in [1.29, 1.82) is 5.26 Å². The fourth-order valence-electron chi connectivity index (χ4n) is 1.33. The summed E-state index contributed by atoms with van der Waals surface area (Å²) in [6.07, 6.45) is 0.726. The standard InChI is InChI=1S/C11H11N5O4/c1-8(3-2-6-12)13-14-10-5-4-9(15(17)18)7-11(10)16(19)20/h4-5,7,14H,2-3H2,1H3. The lowest BCUT2D eigenvalue weighted by Crippen LogP contribution is -2.01. The Balaban J connectivity index is 2.98. The highest BCUT2D eigenvalue weighted by Gasteiger charge is 2.19. The molecule has 0 fully saturated rings. The molecule has 20 heavy (non-hydrogen) atoms. The third-order valence-corrected chi connectivity index (χ3v) is 2.35. The molecular weight excluding hydrogens is 266 g/mol. The number of nitrogens with one attached hydrogen (secondary N) is 1. The first-order valence-electron chi connectivity index (χ1n) is 5.54. The summed E-state index contributed by atoms with van der Waals surface area (Å²) in [6, 6.07) is 5.19. The van der Waals surface area contributed by atoms with E-state index in [1.54, 1.807) is 6.92 Å². The summed E-state index contributed by atoms with van der Waals surface area (Å²) in [4.78, 5) is 20.0. The highest BCUT2D eigenvalue weighted by Crippen LogP contribution is 2.28. The molecule has 0 aliphatic heterocycles. The molecule has 0 amide bonds. The van der Waals surface area contributed by atoms with Crippen LogP contribution in [0.2, 0.25) is 0 Å². The predicted octanol–water partition coefficient (Wildman–Crippen LogP) is 2.59. The molecule has 1 N–H and O–H groups in total. The van der Waals surface area contributed by atoms with E-state index in [4.69, 9.17) is 5.26 Å². The van der Waals surface area contributed by atoms with Crippen molar-refractivity contribution in [3.63, 3.8) is 0 Å². The Morgan fingerprint density at radius 2 is 2.10 bits per heavy atom. The Labute approximate surface area is 113 Å². The minimum Gasteiger partial charge on any atom is -0.272 e. The molecular formula is C11H11N5O4. The number of hydrogen-bond donors (Lipinski definition) is 1. The van der Waals surface area contributed by atoms with Crippen LogP contribution in [-0.4, -0.2) is 15.6 Å². The van der Waals surface area contributed by atoms with Crippen LogP contribution in [0.4, 0.5) is 17.1 Å². The van der Waals surface area contributed by atoms with Gasteiger partial charge in [-0.2, -0.15) is 10.4 Å². The zero-order valence-electron chi connectivity index (χ0n) is 10.6. The van der Waals surface area contributed by atoms with Crippen LogP contribution in [0.25, 0.3) is 0 Å². The van der Waals surface area contributed by atoms with E-state index in [1.807, 2.05) is 6.07 Å². The van der Waals surface area contributed by atoms with Crippen LogP contribution in [0.5, 0.6) is 0 Å². The first-order chi connectivity index (χ1) is 9.45. The second-order valence-corrected chi connectivity index (χ2v) is 3.83. The van der Waals surface area contributed by atoms with Crippen LogP contribution in [0.3, 0.4) is 0 Å². The van der Waals surface area contributed by atoms with Gasteiger partial charge in [0.1, 0.15) is 5.69 Å². The number of benzene rings is 1. The van der Waals surface area contributed by atoms with Gasteiger partial charge in [-0.05, 0) is 13.0 Å². The van der Waals surface area contributed by atoms with E-state index in [0.717, 1.165) is 12.1 Å². The van der Waals surface area contributed by atoms with Crippen LogP contribution >= 0.6 is 0 Å². The van der Waals surface area contributed by atoms with Crippen molar-refractivity contribution in [3.05, 3.63) is 38.4 Å². The number of nitriles is 1. The highest BCUT2D eigenvalue weighted by molar-refractivity contribution is 5.83. The molecule has 0 aliphatic rings. The quantitative estimate of drug-likeness (QED) is 0.482. The van der Waals surface area contributed by atoms with Gasteiger partial charge in [0.05, 0.1) is 22.0 Å². The summed E-state index contributed by atoms with van der Waals surface area (Å²) in [5, 5.41) is 33.8. The number of rotatable bonds is 6. The number of nitrogens with zero attached hydrogens (tertiary/aromatic N) is 4. The molecule has 0 heterocycles. The lowest BCUT2D eigenvalue weighted by molar-refractivity contribution is -0.393. The average Bonchev–Trinajstić information content (AvgIpc) is 2.42. The molecule has 1 rings (SSSR count). The van der Waals surface area contributed by atoms with Gasteiger partial charge in [-0.15, -0.1) is 0 Å². The third-order valence-electron chi connectivity index (χ3n) is 2.35. The number of hydrogen-bond acceptors (Lipinski definition) is 7. The molecule has 0 unspecified atom stereocenters. The summed E-state index contributed by atoms with van der Waals surface area (Å²) >= 11 is 0. The van der Waals surface area contributed by atoms with Crippen molar-refractivity contribution >= 4 is 22.8 Å². The molecule has 1 aromatic rings. The maximum Gasteiger partial charge on any atom is 0.301 e. The van der Waals surface area contributed by atoms with Crippen LogP contribution in [0.1, 0.15) is 19.8 Å². The van der Waals surface area contributed by atoms with Gasteiger partial charge in [0.25, 0.3) is 5.69 Å². The average molecular weight is 277 g/mol. The van der Waals surface area contributed by atoms with Gasteiger partial charge in [-0.1, -0.05) is 0 Å². The van der Waals surface area contributed by atoms with Gasteiger partial charge in [0, 0.05) is 24.6 Å². The monoisotopic (exact) mass is 277 g/mol. The van der Waals surface area contributed by atoms with Gasteiger partial charge in [-0.3, -0.25) is 25.7 Å². The molecule has 0 saturated carbocycles. The topological polar surface area (TPSA) is 134 Å². The first-order valence-corrected chi connectivity index (χ1v) is 5.54. The van der Waals surface area contributed by atoms with Crippen LogP contribution in [0.15, 0.2) is 23.3 Å². The van der Waals surface area contributed by atoms with Crippen LogP contribution in [0, 0.1) is 31.6 Å². The van der Waals surface area contributed by atoms with Crippen molar-refractivity contribution in [2.24, 2.45) is 5.10 Å². The van der Waals surface area contributed by atoms with Crippen molar-refractivity contribution < 1.29 is 9.85 Å². The largest absolute Gasteiger partial charge is 0.301 e. The second-order valence-electron chi connectivity index (χ2n) is 3.83. The lowest BCUT2D eigenvalue weighted by Gasteiger charge is -2.03. The first kappa shape index (κ1) is 15.0. The van der Waals surface area contributed by atoms with E-state index in [0.29, 0.717) is 18.6 Å². The Hall–Kier alpha value is -3.02. The zero-order chi connectivity index (χ0) is 15.1. The fraction of sp³-hybridized carbons (Fsp3) is 0.273. The summed E-state index contributed by atoms with van der Waals surface area (Å²) in [7, 11) is 0. The van der Waals surface area contributed by atoms with Crippen molar-refractivity contribution in [2.75, 3.05) is 5.43 Å². The van der Waals surface area contributed by atoms with E-state index in [1.165, 1.54) is 6.07 Å². The minimum atomic E-state index is -0.727. The number of hydrazone groups is 1. The second kappa shape index (κ2) is 6.79. The highest BCUT2D eigenvalue weighted by atomic mass is 16.6. The molecule has 0 atom stereocenters. The Morgan fingerprint density at radius 3 is 2.65 bits per heavy atom. The van der Waals surface area contributed by atoms with E-state index in [9.17, 15) is 20.2 Å². The molecule has 0 radical (unpaired) electrons. The van der Waals surface area contributed by atoms with Crippen molar-refractivity contribution in [1.82, 2.24) is 0 Å². The maximum absolute atomic E-state index is 10.9. The molecule has 9 heteroatoms. The zero-order valence-corrected chi connectivity index (χ0v) is 10.6. The van der Waals surface area contributed by atoms with E-state index in [2.05, 4.69) is 10.5 Å². The predicted molar refractivity (Wildman–Crippen MR) is 71.3 cm³/mol. The molecule has 0 aromatic heterocycles. The summed E-state index contributed by atoms with van der Waals surface area (Å²) in [5.74, 6) is 0. The normalized spacial score (nSPS) is 10.7. The molecule has 9 nitrogen and oxygen atoms in total. The Morgan fingerprint density at radius 1 is 1.40 bits per heavy atom. The van der Waals surface area contributed by atoms with Gasteiger partial charge in [0.2, 0.25) is 0 Å². The number of non-ortho nitro benzene ring substituents is 1. The van der Waals surface area contributed by atoms with Gasteiger partial charge in [0.15, 0.2) is 0 Å². The van der Waals surface area contributed by atoms with Crippen LogP contribution in [-0.2, 0) is 0 Å². The van der Waals surface area contributed by atoms with Crippen LogP contribution < -0.4 is 5.43 Å². The molecule has 104 valence electrons. The number of anilines is 1. The molecule has 1 aromatic carbocycles. The van der Waals surface area contributed by atoms with E-state index >= 15 is 0 Å². The van der Waals surface area contributed by atoms with E-state index < -0.39 is 15.5 Å². The lowest BCUT2D eigenvalue weighted by atomic mass is 10.2. The molecule has 0 saturated heterocycles. The number of nitro benzene ring substituents is 2. The third kappa shape index (κ3) is 4.02. The summed E-state index contributed by atoms with van der Waals surface area (Å²) in [6.45, 7) is 1.67. The molecule has 0 aliphatic carbocycles. The van der Waals surface area contributed by atoms with Gasteiger partial charge < -0.3 is 0 Å². The molecule has 0 spiro atoms. The van der Waals surface area contributed by atoms with Gasteiger partial charge >= 0.3 is 5.69 Å². The summed E-state index contributed by atoms with van der Waals surface area (Å²) < 4.78 is 0. The molecule has 0 bridgehead atoms. The summed E-state index contributed by atoms with van der Waals surface area (Å²) in [5.41, 5.74) is 2.33.